The van der Waals surface area contributed by atoms with Gasteiger partial charge in [0.25, 0.3) is 0 Å². The largest absolute Gasteiger partial charge is 0.337 e. The van der Waals surface area contributed by atoms with Gasteiger partial charge in [-0.15, -0.1) is 0 Å². The molecule has 0 unspecified atom stereocenters. The van der Waals surface area contributed by atoms with E-state index < -0.39 is 0 Å². The van der Waals surface area contributed by atoms with Crippen LogP contribution in [0.2, 0.25) is 5.02 Å². The van der Waals surface area contributed by atoms with Gasteiger partial charge in [-0.3, -0.25) is 0 Å². The van der Waals surface area contributed by atoms with E-state index >= 15 is 0 Å². The monoisotopic (exact) mass is 418 g/mol. The van der Waals surface area contributed by atoms with Crippen molar-refractivity contribution >= 4 is 46.0 Å². The zero-order valence-electron chi connectivity index (χ0n) is 16.4. The summed E-state index contributed by atoms with van der Waals surface area (Å²) in [6.07, 6.45) is 7.16. The lowest BCUT2D eigenvalue weighted by Crippen LogP contribution is -2.33. The highest BCUT2D eigenvalue weighted by atomic mass is 35.5. The second-order valence-electron chi connectivity index (χ2n) is 6.92. The summed E-state index contributed by atoms with van der Waals surface area (Å²) in [5, 5.41) is 12.6. The highest BCUT2D eigenvalue weighted by molar-refractivity contribution is 8.03. The first-order chi connectivity index (χ1) is 14.1. The number of allylic oxidation sites excluding steroid dienone is 2. The third-order valence-electron chi connectivity index (χ3n) is 5.00. The lowest BCUT2D eigenvalue weighted by Gasteiger charge is -2.14. The fourth-order valence-corrected chi connectivity index (χ4v) is 4.98. The summed E-state index contributed by atoms with van der Waals surface area (Å²) in [7, 11) is 1.98. The van der Waals surface area contributed by atoms with E-state index in [2.05, 4.69) is 59.0 Å². The number of anilines is 1. The smallest absolute Gasteiger partial charge is 0.213 e. The number of hydrogen-bond donors (Lipinski definition) is 0. The van der Waals surface area contributed by atoms with Crippen LogP contribution in [0.3, 0.4) is 0 Å². The summed E-state index contributed by atoms with van der Waals surface area (Å²) in [4.78, 5) is 3.12. The number of benzene rings is 2. The van der Waals surface area contributed by atoms with E-state index in [4.69, 9.17) is 11.6 Å². The standard InChI is InChI=1S/C24H21ClN3S/c1-3-13-28-14-12-17(20-6-4-5-7-21(20)28)8-9-18(16-26)24-27(2)22-11-10-19(25)15-23(22)29-24/h4-12,14-15H,3,13H2,1-2H3/q+1. The molecule has 1 aliphatic rings. The minimum atomic E-state index is 0.638. The molecule has 144 valence electrons. The average Bonchev–Trinajstić information content (AvgIpc) is 3.05. The first-order valence-corrected chi connectivity index (χ1v) is 10.8. The maximum atomic E-state index is 9.81. The molecule has 2 aromatic carbocycles. The molecule has 3 aromatic rings. The number of aromatic nitrogens is 1. The molecule has 0 amide bonds. The molecular formula is C24H21ClN3S+. The van der Waals surface area contributed by atoms with Crippen molar-refractivity contribution in [3.8, 4) is 6.07 Å². The predicted molar refractivity (Wildman–Crippen MR) is 122 cm³/mol. The Balaban J connectivity index is 1.73. The highest BCUT2D eigenvalue weighted by Gasteiger charge is 2.24. The highest BCUT2D eigenvalue weighted by Crippen LogP contribution is 2.47. The normalized spacial score (nSPS) is 15.0. The van der Waals surface area contributed by atoms with Gasteiger partial charge in [-0.1, -0.05) is 48.5 Å². The maximum Gasteiger partial charge on any atom is 0.213 e. The summed E-state index contributed by atoms with van der Waals surface area (Å²) in [6.45, 7) is 3.17. The topological polar surface area (TPSA) is 30.9 Å². The lowest BCUT2D eigenvalue weighted by atomic mass is 10.1. The number of para-hydroxylation sites is 1. The van der Waals surface area contributed by atoms with Gasteiger partial charge >= 0.3 is 0 Å². The zero-order chi connectivity index (χ0) is 20.4. The number of halogens is 1. The number of nitrogens with zero attached hydrogens (tertiary/aromatic N) is 3. The van der Waals surface area contributed by atoms with Crippen LogP contribution in [0.15, 0.2) is 76.3 Å². The third-order valence-corrected chi connectivity index (χ3v) is 6.47. The van der Waals surface area contributed by atoms with Gasteiger partial charge in [0.1, 0.15) is 12.6 Å². The third kappa shape index (κ3) is 3.76. The molecule has 0 saturated carbocycles. The molecular weight excluding hydrogens is 398 g/mol. The number of pyridine rings is 1. The number of rotatable bonds is 4. The van der Waals surface area contributed by atoms with E-state index in [0.717, 1.165) is 34.1 Å². The number of nitriles is 1. The van der Waals surface area contributed by atoms with Crippen molar-refractivity contribution in [2.45, 2.75) is 24.8 Å². The molecule has 3 nitrogen and oxygen atoms in total. The molecule has 0 spiro atoms. The van der Waals surface area contributed by atoms with Crippen LogP contribution in [0.25, 0.3) is 17.0 Å². The Bertz CT molecular complexity index is 1190. The van der Waals surface area contributed by atoms with E-state index in [0.29, 0.717) is 10.6 Å². The number of hydrogen-bond acceptors (Lipinski definition) is 3. The Labute approximate surface area is 180 Å². The van der Waals surface area contributed by atoms with Gasteiger partial charge in [-0.05, 0) is 35.9 Å². The van der Waals surface area contributed by atoms with Gasteiger partial charge < -0.3 is 4.90 Å². The van der Waals surface area contributed by atoms with Crippen LogP contribution < -0.4 is 9.47 Å². The zero-order valence-corrected chi connectivity index (χ0v) is 18.0. The molecule has 0 N–H and O–H groups in total. The summed E-state index contributed by atoms with van der Waals surface area (Å²) in [5.41, 5.74) is 4.02. The SMILES string of the molecule is CCC[n+]1ccc(/C=C/C(C#N)=C2/Sc3cc(Cl)ccc3N2C)c2ccccc21. The molecule has 0 bridgehead atoms. The second-order valence-corrected chi connectivity index (χ2v) is 8.39. The minimum absolute atomic E-state index is 0.638. The molecule has 5 heteroatoms. The maximum absolute atomic E-state index is 9.81. The molecule has 4 rings (SSSR count). The van der Waals surface area contributed by atoms with Crippen LogP contribution in [-0.4, -0.2) is 7.05 Å². The van der Waals surface area contributed by atoms with E-state index in [9.17, 15) is 5.26 Å². The predicted octanol–water partition coefficient (Wildman–Crippen LogP) is 6.18. The van der Waals surface area contributed by atoms with Crippen LogP contribution >= 0.6 is 23.4 Å². The van der Waals surface area contributed by atoms with Gasteiger partial charge in [0.2, 0.25) is 5.52 Å². The van der Waals surface area contributed by atoms with Crippen LogP contribution in [0.5, 0.6) is 0 Å². The van der Waals surface area contributed by atoms with Gasteiger partial charge in [-0.25, -0.2) is 0 Å². The first kappa shape index (κ1) is 19.6. The van der Waals surface area contributed by atoms with Crippen LogP contribution in [-0.2, 0) is 6.54 Å². The van der Waals surface area contributed by atoms with Gasteiger partial charge in [-0.2, -0.15) is 9.83 Å². The summed E-state index contributed by atoms with van der Waals surface area (Å²) >= 11 is 7.72. The van der Waals surface area contributed by atoms with Crippen molar-refractivity contribution in [1.82, 2.24) is 0 Å². The molecule has 1 aliphatic heterocycles. The van der Waals surface area contributed by atoms with Crippen LogP contribution in [0.4, 0.5) is 5.69 Å². The summed E-state index contributed by atoms with van der Waals surface area (Å²) in [5.74, 6) is 0. The van der Waals surface area contributed by atoms with Gasteiger partial charge in [0.05, 0.1) is 21.7 Å². The Morgan fingerprint density at radius 3 is 2.86 bits per heavy atom. The van der Waals surface area contributed by atoms with Crippen molar-refractivity contribution in [2.24, 2.45) is 0 Å². The van der Waals surface area contributed by atoms with Crippen molar-refractivity contribution < 1.29 is 4.57 Å². The van der Waals surface area contributed by atoms with E-state index in [1.807, 2.05) is 37.4 Å². The Morgan fingerprint density at radius 2 is 2.07 bits per heavy atom. The Morgan fingerprint density at radius 1 is 1.24 bits per heavy atom. The molecule has 29 heavy (non-hydrogen) atoms. The van der Waals surface area contributed by atoms with E-state index in [1.165, 1.54) is 10.9 Å². The minimum Gasteiger partial charge on any atom is -0.337 e. The fourth-order valence-electron chi connectivity index (χ4n) is 3.58. The quantitative estimate of drug-likeness (QED) is 0.374. The molecule has 2 heterocycles. The molecule has 0 radical (unpaired) electrons. The van der Waals surface area contributed by atoms with Crippen molar-refractivity contribution in [3.05, 3.63) is 82.0 Å². The number of fused-ring (bicyclic) bond motifs is 2. The molecule has 0 aliphatic carbocycles. The number of aryl methyl sites for hydroxylation is 1. The summed E-state index contributed by atoms with van der Waals surface area (Å²) in [6, 6.07) is 18.7. The summed E-state index contributed by atoms with van der Waals surface area (Å²) < 4.78 is 2.28. The number of thioether (sulfide) groups is 1. The molecule has 1 aromatic heterocycles. The van der Waals surface area contributed by atoms with E-state index in [-0.39, 0.29) is 0 Å². The molecule has 0 saturated heterocycles. The average molecular weight is 419 g/mol. The van der Waals surface area contributed by atoms with Gasteiger partial charge in [0, 0.05) is 35.5 Å². The van der Waals surface area contributed by atoms with Crippen LogP contribution in [0, 0.1) is 11.3 Å². The molecule has 0 fully saturated rings. The van der Waals surface area contributed by atoms with Crippen LogP contribution in [0.1, 0.15) is 18.9 Å². The van der Waals surface area contributed by atoms with E-state index in [1.54, 1.807) is 11.8 Å². The lowest BCUT2D eigenvalue weighted by molar-refractivity contribution is -0.671. The Kier molecular flexibility index (Phi) is 5.62. The van der Waals surface area contributed by atoms with Crippen molar-refractivity contribution in [1.29, 1.82) is 5.26 Å². The Hall–Kier alpha value is -2.74. The van der Waals surface area contributed by atoms with Gasteiger partial charge in [0.15, 0.2) is 6.20 Å². The van der Waals surface area contributed by atoms with Crippen molar-refractivity contribution in [2.75, 3.05) is 11.9 Å². The fraction of sp³-hybridized carbons (Fsp3) is 0.167. The second kappa shape index (κ2) is 8.32. The molecule has 0 atom stereocenters. The van der Waals surface area contributed by atoms with Crippen molar-refractivity contribution in [3.63, 3.8) is 0 Å². The first-order valence-electron chi connectivity index (χ1n) is 9.57.